The fourth-order valence-corrected chi connectivity index (χ4v) is 2.72. The second-order valence-corrected chi connectivity index (χ2v) is 6.41. The van der Waals surface area contributed by atoms with Crippen LogP contribution < -0.4 is 10.1 Å². The first-order valence-electron chi connectivity index (χ1n) is 8.97. The molecule has 0 radical (unpaired) electrons. The van der Waals surface area contributed by atoms with Crippen molar-refractivity contribution in [1.29, 1.82) is 0 Å². The van der Waals surface area contributed by atoms with E-state index >= 15 is 0 Å². The minimum atomic E-state index is -0.157. The van der Waals surface area contributed by atoms with Crippen molar-refractivity contribution < 1.29 is 14.1 Å². The topological polar surface area (TPSA) is 77.2 Å². The lowest BCUT2D eigenvalue weighted by Crippen LogP contribution is -2.33. The van der Waals surface area contributed by atoms with E-state index in [0.29, 0.717) is 23.0 Å². The summed E-state index contributed by atoms with van der Waals surface area (Å²) in [5, 5.41) is 6.84. The van der Waals surface area contributed by atoms with Crippen LogP contribution in [-0.2, 0) is 13.0 Å². The van der Waals surface area contributed by atoms with Crippen molar-refractivity contribution in [2.75, 3.05) is 0 Å². The van der Waals surface area contributed by atoms with Gasteiger partial charge in [-0.05, 0) is 37.5 Å². The van der Waals surface area contributed by atoms with Crippen LogP contribution in [-0.4, -0.2) is 22.1 Å². The molecule has 6 nitrogen and oxygen atoms in total. The Morgan fingerprint density at radius 2 is 1.89 bits per heavy atom. The largest absolute Gasteiger partial charge is 0.485 e. The van der Waals surface area contributed by atoms with Gasteiger partial charge in [0.05, 0.1) is 5.56 Å². The molecule has 0 bridgehead atoms. The molecule has 0 aliphatic carbocycles. The zero-order chi connectivity index (χ0) is 19.1. The van der Waals surface area contributed by atoms with Crippen molar-refractivity contribution in [2.45, 2.75) is 39.3 Å². The van der Waals surface area contributed by atoms with Gasteiger partial charge in [-0.3, -0.25) is 4.79 Å². The average Bonchev–Trinajstić information content (AvgIpc) is 3.11. The summed E-state index contributed by atoms with van der Waals surface area (Å²) >= 11 is 0. The third-order valence-corrected chi connectivity index (χ3v) is 4.14. The first-order chi connectivity index (χ1) is 13.1. The number of nitrogens with zero attached hydrogens (tertiary/aromatic N) is 2. The number of amides is 1. The van der Waals surface area contributed by atoms with Crippen molar-refractivity contribution in [3.63, 3.8) is 0 Å². The van der Waals surface area contributed by atoms with E-state index in [1.54, 1.807) is 19.1 Å². The lowest BCUT2D eigenvalue weighted by Gasteiger charge is -2.16. The van der Waals surface area contributed by atoms with Gasteiger partial charge in [0.1, 0.15) is 5.75 Å². The quantitative estimate of drug-likeness (QED) is 0.658. The molecule has 1 amide bonds. The number of aromatic nitrogens is 2. The molecule has 27 heavy (non-hydrogen) atoms. The number of hydrogen-bond acceptors (Lipinski definition) is 5. The number of aryl methyl sites for hydroxylation is 2. The molecule has 0 aliphatic rings. The molecule has 0 fully saturated rings. The van der Waals surface area contributed by atoms with E-state index in [2.05, 4.69) is 27.6 Å². The van der Waals surface area contributed by atoms with E-state index in [4.69, 9.17) is 9.26 Å². The Balaban J connectivity index is 1.57. The first-order valence-corrected chi connectivity index (χ1v) is 8.97. The summed E-state index contributed by atoms with van der Waals surface area (Å²) in [5.74, 6) is 1.26. The summed E-state index contributed by atoms with van der Waals surface area (Å²) in [6.07, 6.45) is 1.78. The van der Waals surface area contributed by atoms with E-state index in [0.717, 1.165) is 12.8 Å². The molecule has 1 heterocycles. The highest BCUT2D eigenvalue weighted by Gasteiger charge is 2.15. The van der Waals surface area contributed by atoms with Gasteiger partial charge in [-0.25, -0.2) is 0 Å². The van der Waals surface area contributed by atoms with Crippen LogP contribution in [0, 0.1) is 6.92 Å². The Bertz CT molecular complexity index is 877. The second-order valence-electron chi connectivity index (χ2n) is 6.41. The predicted molar refractivity (Wildman–Crippen MR) is 102 cm³/mol. The summed E-state index contributed by atoms with van der Waals surface area (Å²) < 4.78 is 10.6. The van der Waals surface area contributed by atoms with Crippen LogP contribution in [0.25, 0.3) is 0 Å². The highest BCUT2D eigenvalue weighted by Crippen LogP contribution is 2.19. The molecule has 1 atom stereocenters. The zero-order valence-electron chi connectivity index (χ0n) is 15.5. The molecule has 3 aromatic rings. The number of carbonyl (C=O) groups is 1. The molecule has 1 aromatic heterocycles. The molecule has 1 unspecified atom stereocenters. The van der Waals surface area contributed by atoms with E-state index in [1.807, 2.05) is 37.3 Å². The van der Waals surface area contributed by atoms with Gasteiger partial charge in [0.15, 0.2) is 6.61 Å². The molecule has 0 saturated carbocycles. The predicted octanol–water partition coefficient (Wildman–Crippen LogP) is 3.71. The molecule has 140 valence electrons. The summed E-state index contributed by atoms with van der Waals surface area (Å²) in [4.78, 5) is 16.8. The molecule has 0 aliphatic heterocycles. The number of benzene rings is 2. The lowest BCUT2D eigenvalue weighted by molar-refractivity contribution is 0.0933. The Hall–Kier alpha value is -3.15. The van der Waals surface area contributed by atoms with Gasteiger partial charge in [-0.1, -0.05) is 47.6 Å². The SMILES string of the molecule is Cc1nc(COc2ccccc2C(=O)NC(C)CCc2ccccc2)no1. The maximum absolute atomic E-state index is 12.7. The number of para-hydroxylation sites is 1. The van der Waals surface area contributed by atoms with Crippen LogP contribution >= 0.6 is 0 Å². The summed E-state index contributed by atoms with van der Waals surface area (Å²) in [5.41, 5.74) is 1.75. The number of hydrogen-bond donors (Lipinski definition) is 1. The Kier molecular flexibility index (Phi) is 6.20. The van der Waals surface area contributed by atoms with Gasteiger partial charge in [0.25, 0.3) is 5.91 Å². The van der Waals surface area contributed by atoms with Crippen LogP contribution in [0.1, 0.15) is 41.0 Å². The molecule has 3 rings (SSSR count). The van der Waals surface area contributed by atoms with Crippen LogP contribution in [0.15, 0.2) is 59.1 Å². The maximum atomic E-state index is 12.7. The van der Waals surface area contributed by atoms with E-state index in [9.17, 15) is 4.79 Å². The Labute approximate surface area is 158 Å². The Morgan fingerprint density at radius 3 is 2.63 bits per heavy atom. The van der Waals surface area contributed by atoms with Gasteiger partial charge in [-0.15, -0.1) is 0 Å². The molecular formula is C21H23N3O3. The molecular weight excluding hydrogens is 342 g/mol. The van der Waals surface area contributed by atoms with Crippen molar-refractivity contribution >= 4 is 5.91 Å². The molecule has 0 saturated heterocycles. The lowest BCUT2D eigenvalue weighted by atomic mass is 10.1. The fraction of sp³-hybridized carbons (Fsp3) is 0.286. The number of carbonyl (C=O) groups excluding carboxylic acids is 1. The third kappa shape index (κ3) is 5.41. The monoisotopic (exact) mass is 365 g/mol. The third-order valence-electron chi connectivity index (χ3n) is 4.14. The Morgan fingerprint density at radius 1 is 1.15 bits per heavy atom. The van der Waals surface area contributed by atoms with Crippen molar-refractivity contribution in [3.05, 3.63) is 77.4 Å². The summed E-state index contributed by atoms with van der Waals surface area (Å²) in [7, 11) is 0. The fourth-order valence-electron chi connectivity index (χ4n) is 2.72. The molecule has 2 aromatic carbocycles. The van der Waals surface area contributed by atoms with Crippen LogP contribution in [0.2, 0.25) is 0 Å². The van der Waals surface area contributed by atoms with Gasteiger partial charge < -0.3 is 14.6 Å². The number of ether oxygens (including phenoxy) is 1. The van der Waals surface area contributed by atoms with Gasteiger partial charge in [-0.2, -0.15) is 4.98 Å². The second kappa shape index (κ2) is 8.98. The van der Waals surface area contributed by atoms with Gasteiger partial charge in [0.2, 0.25) is 11.7 Å². The maximum Gasteiger partial charge on any atom is 0.255 e. The highest BCUT2D eigenvalue weighted by molar-refractivity contribution is 5.97. The first kappa shape index (κ1) is 18.6. The van der Waals surface area contributed by atoms with Crippen LogP contribution in [0.4, 0.5) is 0 Å². The van der Waals surface area contributed by atoms with Gasteiger partial charge in [0, 0.05) is 13.0 Å². The van der Waals surface area contributed by atoms with E-state index < -0.39 is 0 Å². The van der Waals surface area contributed by atoms with E-state index in [1.165, 1.54) is 5.56 Å². The zero-order valence-corrected chi connectivity index (χ0v) is 15.5. The van der Waals surface area contributed by atoms with Crippen molar-refractivity contribution in [2.24, 2.45) is 0 Å². The highest BCUT2D eigenvalue weighted by atomic mass is 16.5. The standard InChI is InChI=1S/C21H23N3O3/c1-15(12-13-17-8-4-3-5-9-17)22-21(25)18-10-6-7-11-19(18)26-14-20-23-16(2)27-24-20/h3-11,15H,12-14H2,1-2H3,(H,22,25). The molecule has 6 heteroatoms. The van der Waals surface area contributed by atoms with E-state index in [-0.39, 0.29) is 18.6 Å². The van der Waals surface area contributed by atoms with Crippen LogP contribution in [0.5, 0.6) is 5.75 Å². The number of rotatable bonds is 8. The summed E-state index contributed by atoms with van der Waals surface area (Å²) in [6.45, 7) is 3.87. The molecule has 1 N–H and O–H groups in total. The average molecular weight is 365 g/mol. The number of nitrogens with one attached hydrogen (secondary N) is 1. The summed E-state index contributed by atoms with van der Waals surface area (Å²) in [6, 6.07) is 17.4. The normalized spacial score (nSPS) is 11.8. The van der Waals surface area contributed by atoms with Crippen molar-refractivity contribution in [1.82, 2.24) is 15.5 Å². The smallest absolute Gasteiger partial charge is 0.255 e. The van der Waals surface area contributed by atoms with Crippen molar-refractivity contribution in [3.8, 4) is 5.75 Å². The molecule has 0 spiro atoms. The minimum Gasteiger partial charge on any atom is -0.485 e. The van der Waals surface area contributed by atoms with Gasteiger partial charge >= 0.3 is 0 Å². The minimum absolute atomic E-state index is 0.0469. The van der Waals surface area contributed by atoms with Crippen LogP contribution in [0.3, 0.4) is 0 Å².